The van der Waals surface area contributed by atoms with E-state index in [1.807, 2.05) is 12.1 Å². The second-order valence-corrected chi connectivity index (χ2v) is 8.40. The zero-order valence-electron chi connectivity index (χ0n) is 14.2. The Kier molecular flexibility index (Phi) is 3.15. The summed E-state index contributed by atoms with van der Waals surface area (Å²) in [7, 11) is 0. The van der Waals surface area contributed by atoms with Crippen molar-refractivity contribution in [2.75, 3.05) is 0 Å². The number of aliphatic hydroxyl groups is 1. The topological polar surface area (TPSA) is 66.8 Å². The van der Waals surface area contributed by atoms with E-state index in [0.717, 1.165) is 25.7 Å². The quantitative estimate of drug-likeness (QED) is 0.609. The zero-order chi connectivity index (χ0) is 17.3. The Morgan fingerprint density at radius 1 is 1.28 bits per heavy atom. The van der Waals surface area contributed by atoms with Crippen molar-refractivity contribution < 1.29 is 19.7 Å². The molecule has 132 valence electrons. The molecule has 0 bridgehead atoms. The molecule has 2 saturated carbocycles. The first-order valence-electron chi connectivity index (χ1n) is 9.37. The third kappa shape index (κ3) is 2.00. The number of carbonyl (C=O) groups excluding carboxylic acids is 1. The first kappa shape index (κ1) is 15.4. The molecule has 4 heteroatoms. The van der Waals surface area contributed by atoms with E-state index >= 15 is 0 Å². The normalized spacial score (nSPS) is 44.3. The highest BCUT2D eigenvalue weighted by Crippen LogP contribution is 2.62. The Morgan fingerprint density at radius 2 is 2.12 bits per heavy atom. The van der Waals surface area contributed by atoms with Crippen LogP contribution in [-0.2, 0) is 16.0 Å². The van der Waals surface area contributed by atoms with Gasteiger partial charge in [0.15, 0.2) is 0 Å². The number of allylic oxidation sites excluding steroid dienone is 1. The van der Waals surface area contributed by atoms with E-state index in [2.05, 4.69) is 12.6 Å². The average Bonchev–Trinajstić information content (AvgIpc) is 3.02. The number of phenolic OH excluding ortho intramolecular Hbond substituents is 1. The van der Waals surface area contributed by atoms with E-state index in [-0.39, 0.29) is 30.3 Å². The summed E-state index contributed by atoms with van der Waals surface area (Å²) in [5.41, 5.74) is 1.59. The number of fused-ring (bicyclic) bond motifs is 7. The smallest absolute Gasteiger partial charge is 0.309 e. The fraction of sp³-hybridized carbons (Fsp3) is 0.571. The summed E-state index contributed by atoms with van der Waals surface area (Å²) in [5, 5.41) is 21.0. The van der Waals surface area contributed by atoms with Gasteiger partial charge in [-0.25, -0.2) is 0 Å². The average molecular weight is 340 g/mol. The van der Waals surface area contributed by atoms with Crippen molar-refractivity contribution in [2.45, 2.75) is 49.7 Å². The minimum absolute atomic E-state index is 0.117. The van der Waals surface area contributed by atoms with Crippen molar-refractivity contribution in [1.82, 2.24) is 0 Å². The molecule has 1 aliphatic heterocycles. The van der Waals surface area contributed by atoms with Crippen molar-refractivity contribution in [3.63, 3.8) is 0 Å². The summed E-state index contributed by atoms with van der Waals surface area (Å²) in [5.74, 6) is 1.74. The Hall–Kier alpha value is -1.81. The van der Waals surface area contributed by atoms with Gasteiger partial charge in [-0.2, -0.15) is 0 Å². The number of hydrogen-bond donors (Lipinski definition) is 2. The van der Waals surface area contributed by atoms with Crippen LogP contribution in [0.4, 0.5) is 0 Å². The molecule has 7 unspecified atom stereocenters. The van der Waals surface area contributed by atoms with Crippen LogP contribution < -0.4 is 0 Å². The van der Waals surface area contributed by atoms with Gasteiger partial charge in [-0.3, -0.25) is 4.79 Å². The second kappa shape index (κ2) is 5.10. The number of ether oxygens (including phenoxy) is 1. The van der Waals surface area contributed by atoms with E-state index in [1.54, 1.807) is 6.07 Å². The van der Waals surface area contributed by atoms with E-state index in [4.69, 9.17) is 4.74 Å². The maximum Gasteiger partial charge on any atom is 0.309 e. The van der Waals surface area contributed by atoms with Gasteiger partial charge in [-0.05, 0) is 78.5 Å². The standard InChI is InChI=1S/C21H24O4/c1-2-11-8-17-16(9-18-21(17,24)10-19(23)25-18)15-5-3-12-7-13(22)4-6-14(12)20(11)15/h2,4,6-7,11,15-18,20,22,24H,1,3,5,8-10H2. The molecule has 0 aromatic heterocycles. The van der Waals surface area contributed by atoms with E-state index in [0.29, 0.717) is 23.5 Å². The molecule has 25 heavy (non-hydrogen) atoms. The van der Waals surface area contributed by atoms with Crippen LogP contribution in [0.15, 0.2) is 30.9 Å². The van der Waals surface area contributed by atoms with E-state index in [1.165, 1.54) is 11.1 Å². The van der Waals surface area contributed by atoms with Gasteiger partial charge in [0.05, 0.1) is 6.42 Å². The monoisotopic (exact) mass is 340 g/mol. The molecule has 0 amide bonds. The highest BCUT2D eigenvalue weighted by Gasteiger charge is 2.65. The molecular formula is C21H24O4. The molecule has 3 aliphatic carbocycles. The Balaban J connectivity index is 1.56. The molecule has 0 spiro atoms. The fourth-order valence-electron chi connectivity index (χ4n) is 6.48. The predicted octanol–water partition coefficient (Wildman–Crippen LogP) is 2.93. The summed E-state index contributed by atoms with van der Waals surface area (Å²) in [6.45, 7) is 4.07. The number of carbonyl (C=O) groups is 1. The molecule has 1 aromatic rings. The fourth-order valence-corrected chi connectivity index (χ4v) is 6.48. The lowest BCUT2D eigenvalue weighted by atomic mass is 9.55. The highest BCUT2D eigenvalue weighted by molar-refractivity contribution is 5.74. The number of benzene rings is 1. The zero-order valence-corrected chi connectivity index (χ0v) is 14.2. The van der Waals surface area contributed by atoms with Gasteiger partial charge in [0.1, 0.15) is 17.5 Å². The Bertz CT molecular complexity index is 756. The summed E-state index contributed by atoms with van der Waals surface area (Å²) in [6.07, 6.45) is 5.50. The number of aromatic hydroxyl groups is 1. The van der Waals surface area contributed by atoms with Crippen LogP contribution in [0.25, 0.3) is 0 Å². The van der Waals surface area contributed by atoms with Crippen LogP contribution in [-0.4, -0.2) is 27.9 Å². The number of hydrogen-bond acceptors (Lipinski definition) is 4. The van der Waals surface area contributed by atoms with Crippen molar-refractivity contribution >= 4 is 5.97 Å². The Labute approximate surface area is 147 Å². The molecule has 0 radical (unpaired) electrons. The van der Waals surface area contributed by atoms with Crippen LogP contribution in [0, 0.1) is 23.7 Å². The molecule has 5 rings (SSSR count). The van der Waals surface area contributed by atoms with Crippen LogP contribution in [0.2, 0.25) is 0 Å². The lowest BCUT2D eigenvalue weighted by molar-refractivity contribution is -0.142. The SMILES string of the molecule is C=CC1CC2C(CC3OC(=O)CC32O)C2CCc3cc(O)ccc3C12. The van der Waals surface area contributed by atoms with Gasteiger partial charge < -0.3 is 14.9 Å². The van der Waals surface area contributed by atoms with Crippen molar-refractivity contribution in [2.24, 2.45) is 23.7 Å². The summed E-state index contributed by atoms with van der Waals surface area (Å²) in [4.78, 5) is 11.7. The van der Waals surface area contributed by atoms with Crippen LogP contribution >= 0.6 is 0 Å². The minimum Gasteiger partial charge on any atom is -0.508 e. The van der Waals surface area contributed by atoms with E-state index < -0.39 is 5.60 Å². The molecule has 7 atom stereocenters. The summed E-state index contributed by atoms with van der Waals surface area (Å²) in [6, 6.07) is 5.76. The lowest BCUT2D eigenvalue weighted by Gasteiger charge is -2.49. The third-order valence-electron chi connectivity index (χ3n) is 7.44. The molecule has 3 fully saturated rings. The lowest BCUT2D eigenvalue weighted by Crippen LogP contribution is -2.47. The van der Waals surface area contributed by atoms with Gasteiger partial charge in [0.25, 0.3) is 0 Å². The van der Waals surface area contributed by atoms with Crippen molar-refractivity contribution in [3.05, 3.63) is 42.0 Å². The summed E-state index contributed by atoms with van der Waals surface area (Å²) < 4.78 is 5.47. The van der Waals surface area contributed by atoms with Crippen molar-refractivity contribution in [3.8, 4) is 5.75 Å². The number of esters is 1. The predicted molar refractivity (Wildman–Crippen MR) is 92.0 cm³/mol. The molecular weight excluding hydrogens is 316 g/mol. The van der Waals surface area contributed by atoms with Crippen LogP contribution in [0.3, 0.4) is 0 Å². The number of aryl methyl sites for hydroxylation is 1. The Morgan fingerprint density at radius 3 is 2.92 bits per heavy atom. The molecule has 4 aliphatic rings. The van der Waals surface area contributed by atoms with Crippen LogP contribution in [0.1, 0.15) is 42.7 Å². The molecule has 2 N–H and O–H groups in total. The second-order valence-electron chi connectivity index (χ2n) is 8.40. The van der Waals surface area contributed by atoms with E-state index in [9.17, 15) is 15.0 Å². The van der Waals surface area contributed by atoms with Gasteiger partial charge in [-0.1, -0.05) is 12.1 Å². The first-order valence-corrected chi connectivity index (χ1v) is 9.37. The maximum absolute atomic E-state index is 11.7. The van der Waals surface area contributed by atoms with Crippen LogP contribution in [0.5, 0.6) is 5.75 Å². The van der Waals surface area contributed by atoms with Gasteiger partial charge >= 0.3 is 5.97 Å². The minimum atomic E-state index is -0.983. The first-order chi connectivity index (χ1) is 12.0. The molecule has 4 nitrogen and oxygen atoms in total. The van der Waals surface area contributed by atoms with Gasteiger partial charge in [0.2, 0.25) is 0 Å². The molecule has 1 heterocycles. The van der Waals surface area contributed by atoms with Gasteiger partial charge in [0, 0.05) is 0 Å². The largest absolute Gasteiger partial charge is 0.508 e. The third-order valence-corrected chi connectivity index (χ3v) is 7.44. The highest BCUT2D eigenvalue weighted by atomic mass is 16.6. The molecule has 1 saturated heterocycles. The number of phenols is 1. The van der Waals surface area contributed by atoms with Crippen molar-refractivity contribution in [1.29, 1.82) is 0 Å². The molecule has 1 aromatic carbocycles. The number of rotatable bonds is 1. The summed E-state index contributed by atoms with van der Waals surface area (Å²) >= 11 is 0. The maximum atomic E-state index is 11.7. The van der Waals surface area contributed by atoms with Gasteiger partial charge in [-0.15, -0.1) is 6.58 Å².